The summed E-state index contributed by atoms with van der Waals surface area (Å²) in [6.07, 6.45) is 2.73. The van der Waals surface area contributed by atoms with Gasteiger partial charge in [-0.2, -0.15) is 0 Å². The molecule has 0 spiro atoms. The van der Waals surface area contributed by atoms with Gasteiger partial charge in [0.1, 0.15) is 0 Å². The van der Waals surface area contributed by atoms with Crippen LogP contribution in [0.15, 0.2) is 24.3 Å². The molecule has 1 aromatic rings. The summed E-state index contributed by atoms with van der Waals surface area (Å²) in [7, 11) is 1.80. The van der Waals surface area contributed by atoms with E-state index < -0.39 is 0 Å². The number of nitrogens with two attached hydrogens (primary N) is 1. The summed E-state index contributed by atoms with van der Waals surface area (Å²) in [6, 6.07) is 8.98. The van der Waals surface area contributed by atoms with Gasteiger partial charge in [0.15, 0.2) is 0 Å². The molecule has 0 aliphatic carbocycles. The highest BCUT2D eigenvalue weighted by molar-refractivity contribution is 5.24. The maximum Gasteiger partial charge on any atom is 0.0698 e. The van der Waals surface area contributed by atoms with Crippen molar-refractivity contribution < 1.29 is 4.74 Å². The first-order chi connectivity index (χ1) is 9.11. The Labute approximate surface area is 116 Å². The molecule has 1 aliphatic heterocycles. The monoisotopic (exact) mass is 262 g/mol. The molecule has 0 aromatic heterocycles. The molecule has 1 fully saturated rings. The third-order valence-electron chi connectivity index (χ3n) is 4.30. The molecule has 2 N–H and O–H groups in total. The number of benzene rings is 1. The first-order valence-electron chi connectivity index (χ1n) is 7.21. The third kappa shape index (κ3) is 3.56. The van der Waals surface area contributed by atoms with Crippen LogP contribution in [0.1, 0.15) is 36.9 Å². The van der Waals surface area contributed by atoms with Crippen LogP contribution in [0.4, 0.5) is 0 Å². The lowest BCUT2D eigenvalue weighted by Crippen LogP contribution is -2.48. The predicted octanol–water partition coefficient (Wildman–Crippen LogP) is 2.49. The van der Waals surface area contributed by atoms with Gasteiger partial charge in [0.2, 0.25) is 0 Å². The maximum absolute atomic E-state index is 6.42. The van der Waals surface area contributed by atoms with E-state index in [0.717, 1.165) is 13.1 Å². The lowest BCUT2D eigenvalue weighted by Gasteiger charge is -2.38. The summed E-state index contributed by atoms with van der Waals surface area (Å²) in [4.78, 5) is 2.46. The number of nitrogens with zero attached hydrogens (tertiary/aromatic N) is 1. The van der Waals surface area contributed by atoms with Gasteiger partial charge in [-0.05, 0) is 38.8 Å². The van der Waals surface area contributed by atoms with Crippen molar-refractivity contribution in [1.82, 2.24) is 4.90 Å². The molecule has 3 atom stereocenters. The van der Waals surface area contributed by atoms with Crippen molar-refractivity contribution in [2.75, 3.05) is 20.2 Å². The Morgan fingerprint density at radius 3 is 2.63 bits per heavy atom. The zero-order valence-corrected chi connectivity index (χ0v) is 12.3. The molecular formula is C16H26N2O. The fourth-order valence-electron chi connectivity index (χ4n) is 2.82. The molecule has 2 rings (SSSR count). The van der Waals surface area contributed by atoms with Gasteiger partial charge in [-0.15, -0.1) is 0 Å². The van der Waals surface area contributed by atoms with Gasteiger partial charge in [0, 0.05) is 25.7 Å². The van der Waals surface area contributed by atoms with Crippen molar-refractivity contribution in [2.45, 2.75) is 44.9 Å². The van der Waals surface area contributed by atoms with Crippen LogP contribution >= 0.6 is 0 Å². The Kier molecular flexibility index (Phi) is 4.97. The summed E-state index contributed by atoms with van der Waals surface area (Å²) >= 11 is 0. The first kappa shape index (κ1) is 14.5. The van der Waals surface area contributed by atoms with E-state index in [0.29, 0.717) is 12.1 Å². The number of rotatable bonds is 4. The highest BCUT2D eigenvalue weighted by Gasteiger charge is 2.27. The third-order valence-corrected chi connectivity index (χ3v) is 4.30. The zero-order valence-electron chi connectivity index (χ0n) is 12.3. The van der Waals surface area contributed by atoms with Gasteiger partial charge >= 0.3 is 0 Å². The second kappa shape index (κ2) is 6.51. The average molecular weight is 262 g/mol. The molecule has 1 aliphatic rings. The number of hydrogen-bond acceptors (Lipinski definition) is 3. The van der Waals surface area contributed by atoms with E-state index in [2.05, 4.69) is 43.0 Å². The molecule has 0 amide bonds. The fraction of sp³-hybridized carbons (Fsp3) is 0.625. The molecule has 1 saturated heterocycles. The van der Waals surface area contributed by atoms with Gasteiger partial charge in [-0.3, -0.25) is 4.90 Å². The zero-order chi connectivity index (χ0) is 13.8. The molecule has 19 heavy (non-hydrogen) atoms. The fourth-order valence-corrected chi connectivity index (χ4v) is 2.82. The highest BCUT2D eigenvalue weighted by atomic mass is 16.5. The van der Waals surface area contributed by atoms with Gasteiger partial charge in [0.25, 0.3) is 0 Å². The Balaban J connectivity index is 2.01. The van der Waals surface area contributed by atoms with E-state index in [1.165, 1.54) is 24.0 Å². The van der Waals surface area contributed by atoms with Crippen LogP contribution in [-0.4, -0.2) is 37.2 Å². The van der Waals surface area contributed by atoms with Crippen LogP contribution in [0.3, 0.4) is 0 Å². The van der Waals surface area contributed by atoms with Crippen LogP contribution in [0.25, 0.3) is 0 Å². The SMILES string of the molecule is COC1CCCN(C(C)C(N)c2ccc(C)cc2)C1. The number of ether oxygens (including phenoxy) is 1. The van der Waals surface area contributed by atoms with Crippen LogP contribution in [0.2, 0.25) is 0 Å². The second-order valence-corrected chi connectivity index (χ2v) is 5.67. The lowest BCUT2D eigenvalue weighted by molar-refractivity contribution is 0.0131. The van der Waals surface area contributed by atoms with E-state index in [-0.39, 0.29) is 6.04 Å². The standard InChI is InChI=1S/C16H26N2O/c1-12-6-8-14(9-7-12)16(17)13(2)18-10-4-5-15(11-18)19-3/h6-9,13,15-16H,4-5,10-11,17H2,1-3H3. The van der Waals surface area contributed by atoms with E-state index in [1.54, 1.807) is 7.11 Å². The largest absolute Gasteiger partial charge is 0.380 e. The molecular weight excluding hydrogens is 236 g/mol. The van der Waals surface area contributed by atoms with E-state index in [1.807, 2.05) is 0 Å². The quantitative estimate of drug-likeness (QED) is 0.906. The molecule has 0 saturated carbocycles. The Hall–Kier alpha value is -0.900. The summed E-state index contributed by atoms with van der Waals surface area (Å²) in [5.41, 5.74) is 8.92. The van der Waals surface area contributed by atoms with Crippen LogP contribution in [0, 0.1) is 6.92 Å². The van der Waals surface area contributed by atoms with Crippen LogP contribution < -0.4 is 5.73 Å². The summed E-state index contributed by atoms with van der Waals surface area (Å²) in [5, 5.41) is 0. The molecule has 0 radical (unpaired) electrons. The van der Waals surface area contributed by atoms with Crippen molar-refractivity contribution in [2.24, 2.45) is 5.73 Å². The Bertz CT molecular complexity index is 390. The topological polar surface area (TPSA) is 38.5 Å². The number of piperidine rings is 1. The number of aryl methyl sites for hydroxylation is 1. The van der Waals surface area contributed by atoms with Crippen molar-refractivity contribution in [3.8, 4) is 0 Å². The molecule has 3 nitrogen and oxygen atoms in total. The van der Waals surface area contributed by atoms with Crippen LogP contribution in [0.5, 0.6) is 0 Å². The average Bonchev–Trinajstić information content (AvgIpc) is 2.46. The molecule has 106 valence electrons. The summed E-state index contributed by atoms with van der Waals surface area (Å²) in [6.45, 7) is 6.45. The first-order valence-corrected chi connectivity index (χ1v) is 7.21. The molecule has 3 heteroatoms. The van der Waals surface area contributed by atoms with E-state index in [4.69, 9.17) is 10.5 Å². The maximum atomic E-state index is 6.42. The normalized spacial score (nSPS) is 24.1. The minimum absolute atomic E-state index is 0.0659. The number of likely N-dealkylation sites (tertiary alicyclic amines) is 1. The molecule has 1 aromatic carbocycles. The molecule has 1 heterocycles. The minimum Gasteiger partial charge on any atom is -0.380 e. The van der Waals surface area contributed by atoms with Crippen LogP contribution in [-0.2, 0) is 4.74 Å². The Morgan fingerprint density at radius 1 is 1.32 bits per heavy atom. The van der Waals surface area contributed by atoms with E-state index >= 15 is 0 Å². The van der Waals surface area contributed by atoms with E-state index in [9.17, 15) is 0 Å². The van der Waals surface area contributed by atoms with Gasteiger partial charge < -0.3 is 10.5 Å². The van der Waals surface area contributed by atoms with Crippen molar-refractivity contribution in [3.63, 3.8) is 0 Å². The second-order valence-electron chi connectivity index (χ2n) is 5.67. The lowest BCUT2D eigenvalue weighted by atomic mass is 9.97. The number of methoxy groups -OCH3 is 1. The van der Waals surface area contributed by atoms with Gasteiger partial charge in [0.05, 0.1) is 6.10 Å². The summed E-state index contributed by atoms with van der Waals surface area (Å²) in [5.74, 6) is 0. The van der Waals surface area contributed by atoms with Gasteiger partial charge in [-0.25, -0.2) is 0 Å². The van der Waals surface area contributed by atoms with Crippen molar-refractivity contribution in [3.05, 3.63) is 35.4 Å². The highest BCUT2D eigenvalue weighted by Crippen LogP contribution is 2.23. The molecule has 0 bridgehead atoms. The van der Waals surface area contributed by atoms with Crippen molar-refractivity contribution in [1.29, 1.82) is 0 Å². The minimum atomic E-state index is 0.0659. The number of hydrogen-bond donors (Lipinski definition) is 1. The molecule has 3 unspecified atom stereocenters. The van der Waals surface area contributed by atoms with Crippen molar-refractivity contribution >= 4 is 0 Å². The predicted molar refractivity (Wildman–Crippen MR) is 79.2 cm³/mol. The van der Waals surface area contributed by atoms with Gasteiger partial charge in [-0.1, -0.05) is 29.8 Å². The Morgan fingerprint density at radius 2 is 2.00 bits per heavy atom. The summed E-state index contributed by atoms with van der Waals surface area (Å²) < 4.78 is 5.49. The smallest absolute Gasteiger partial charge is 0.0698 e.